The molecule has 1 saturated heterocycles. The summed E-state index contributed by atoms with van der Waals surface area (Å²) < 4.78 is 11.1. The molecule has 0 aromatic carbocycles. The first-order chi connectivity index (χ1) is 6.85. The Hall–Kier alpha value is -0.870. The number of nitrogens with two attached hydrogens (primary N) is 1. The van der Waals surface area contributed by atoms with Gasteiger partial charge in [-0.2, -0.15) is 0 Å². The Labute approximate surface area is 83.4 Å². The lowest BCUT2D eigenvalue weighted by Gasteiger charge is -2.13. The van der Waals surface area contributed by atoms with Crippen LogP contribution in [0.15, 0.2) is 10.6 Å². The summed E-state index contributed by atoms with van der Waals surface area (Å²) in [5.41, 5.74) is 5.44. The summed E-state index contributed by atoms with van der Waals surface area (Å²) in [5.74, 6) is 1.91. The normalized spacial score (nSPS) is 27.0. The van der Waals surface area contributed by atoms with E-state index in [-0.39, 0.29) is 6.10 Å². The smallest absolute Gasteiger partial charge is 0.208 e. The zero-order valence-electron chi connectivity index (χ0n) is 8.40. The second kappa shape index (κ2) is 4.11. The molecule has 0 radical (unpaired) electrons. The molecule has 1 aromatic heterocycles. The van der Waals surface area contributed by atoms with E-state index < -0.39 is 0 Å². The molecule has 1 aliphatic heterocycles. The van der Waals surface area contributed by atoms with Crippen LogP contribution in [0, 0.1) is 0 Å². The minimum Gasteiger partial charge on any atom is -0.444 e. The maximum atomic E-state index is 5.59. The van der Waals surface area contributed by atoms with Crippen molar-refractivity contribution in [3.8, 4) is 0 Å². The van der Waals surface area contributed by atoms with E-state index in [1.807, 2.05) is 0 Å². The maximum Gasteiger partial charge on any atom is 0.208 e. The molecule has 0 spiro atoms. The molecule has 2 N–H and O–H groups in total. The first-order valence-corrected chi connectivity index (χ1v) is 5.11. The molecule has 1 fully saturated rings. The fourth-order valence-electron chi connectivity index (χ4n) is 1.97. The van der Waals surface area contributed by atoms with Crippen molar-refractivity contribution in [1.29, 1.82) is 0 Å². The summed E-state index contributed by atoms with van der Waals surface area (Å²) in [7, 11) is 0. The summed E-state index contributed by atoms with van der Waals surface area (Å²) in [6.45, 7) is 3.31. The molecule has 78 valence electrons. The van der Waals surface area contributed by atoms with E-state index in [0.29, 0.717) is 18.4 Å². The highest BCUT2D eigenvalue weighted by atomic mass is 16.5. The number of nitrogens with zero attached hydrogens (tertiary/aromatic N) is 1. The fraction of sp³-hybridized carbons (Fsp3) is 0.700. The zero-order valence-corrected chi connectivity index (χ0v) is 8.40. The predicted molar refractivity (Wildman–Crippen MR) is 51.8 cm³/mol. The van der Waals surface area contributed by atoms with Gasteiger partial charge in [0, 0.05) is 12.5 Å². The van der Waals surface area contributed by atoms with Gasteiger partial charge in [0.05, 0.1) is 18.8 Å². The highest BCUT2D eigenvalue weighted by Gasteiger charge is 2.30. The number of hydrogen-bond acceptors (Lipinski definition) is 4. The van der Waals surface area contributed by atoms with Crippen molar-refractivity contribution in [3.63, 3.8) is 0 Å². The number of oxazole rings is 1. The molecule has 1 aliphatic rings. The van der Waals surface area contributed by atoms with E-state index in [1.54, 1.807) is 6.20 Å². The van der Waals surface area contributed by atoms with E-state index >= 15 is 0 Å². The fourth-order valence-corrected chi connectivity index (χ4v) is 1.97. The van der Waals surface area contributed by atoms with E-state index in [4.69, 9.17) is 14.9 Å². The summed E-state index contributed by atoms with van der Waals surface area (Å²) in [5, 5.41) is 0. The molecule has 0 aliphatic carbocycles. The van der Waals surface area contributed by atoms with E-state index in [1.165, 1.54) is 0 Å². The van der Waals surface area contributed by atoms with Crippen LogP contribution in [0.4, 0.5) is 0 Å². The molecule has 4 heteroatoms. The minimum atomic E-state index is 0.286. The molecular weight excluding hydrogens is 180 g/mol. The van der Waals surface area contributed by atoms with Crippen LogP contribution in [-0.4, -0.2) is 17.7 Å². The highest BCUT2D eigenvalue weighted by Crippen LogP contribution is 2.33. The van der Waals surface area contributed by atoms with Crippen LogP contribution in [0.2, 0.25) is 0 Å². The molecule has 2 rings (SSSR count). The highest BCUT2D eigenvalue weighted by molar-refractivity contribution is 5.06. The van der Waals surface area contributed by atoms with E-state index in [0.717, 1.165) is 25.2 Å². The summed E-state index contributed by atoms with van der Waals surface area (Å²) in [6.07, 6.45) is 4.11. The van der Waals surface area contributed by atoms with Crippen molar-refractivity contribution in [3.05, 3.63) is 17.8 Å². The summed E-state index contributed by atoms with van der Waals surface area (Å²) in [6, 6.07) is 0. The molecule has 14 heavy (non-hydrogen) atoms. The number of aromatic nitrogens is 1. The Balaban J connectivity index is 2.13. The van der Waals surface area contributed by atoms with Gasteiger partial charge in [-0.3, -0.25) is 0 Å². The number of hydrogen-bond donors (Lipinski definition) is 1. The monoisotopic (exact) mass is 196 g/mol. The zero-order chi connectivity index (χ0) is 9.97. The van der Waals surface area contributed by atoms with Crippen molar-refractivity contribution < 1.29 is 9.15 Å². The Bertz CT molecular complexity index is 298. The van der Waals surface area contributed by atoms with Gasteiger partial charge in [-0.1, -0.05) is 6.92 Å². The molecule has 2 heterocycles. The maximum absolute atomic E-state index is 5.59. The number of rotatable bonds is 3. The Kier molecular flexibility index (Phi) is 2.84. The average Bonchev–Trinajstić information content (AvgIpc) is 2.85. The van der Waals surface area contributed by atoms with Gasteiger partial charge in [0.1, 0.15) is 5.76 Å². The summed E-state index contributed by atoms with van der Waals surface area (Å²) in [4.78, 5) is 4.10. The third-order valence-corrected chi connectivity index (χ3v) is 2.72. The van der Waals surface area contributed by atoms with Crippen LogP contribution in [0.25, 0.3) is 0 Å². The SMILES string of the molecule is CCC1OCCC1c1cnc(CN)o1. The first-order valence-electron chi connectivity index (χ1n) is 5.11. The molecule has 0 bridgehead atoms. The molecule has 0 saturated carbocycles. The molecule has 1 aromatic rings. The quantitative estimate of drug-likeness (QED) is 0.794. The van der Waals surface area contributed by atoms with Gasteiger partial charge in [0.15, 0.2) is 0 Å². The summed E-state index contributed by atoms with van der Waals surface area (Å²) >= 11 is 0. The lowest BCUT2D eigenvalue weighted by molar-refractivity contribution is 0.0971. The number of ether oxygens (including phenoxy) is 1. The Morgan fingerprint density at radius 1 is 1.64 bits per heavy atom. The second-order valence-corrected chi connectivity index (χ2v) is 3.57. The molecule has 2 unspecified atom stereocenters. The van der Waals surface area contributed by atoms with Crippen LogP contribution < -0.4 is 5.73 Å². The predicted octanol–water partition coefficient (Wildman–Crippen LogP) is 1.42. The van der Waals surface area contributed by atoms with Crippen LogP contribution in [0.5, 0.6) is 0 Å². The van der Waals surface area contributed by atoms with Crippen LogP contribution in [-0.2, 0) is 11.3 Å². The third kappa shape index (κ3) is 1.67. The average molecular weight is 196 g/mol. The van der Waals surface area contributed by atoms with Crippen molar-refractivity contribution in [2.45, 2.75) is 38.3 Å². The molecule has 4 nitrogen and oxygen atoms in total. The van der Waals surface area contributed by atoms with Gasteiger partial charge in [-0.15, -0.1) is 0 Å². The standard InChI is InChI=1S/C10H16N2O2/c1-2-8-7(3-4-13-8)9-6-12-10(5-11)14-9/h6-8H,2-5,11H2,1H3. The Morgan fingerprint density at radius 2 is 2.50 bits per heavy atom. The topological polar surface area (TPSA) is 61.3 Å². The van der Waals surface area contributed by atoms with Crippen LogP contribution >= 0.6 is 0 Å². The van der Waals surface area contributed by atoms with Crippen LogP contribution in [0.1, 0.15) is 37.3 Å². The lowest BCUT2D eigenvalue weighted by atomic mass is 9.97. The van der Waals surface area contributed by atoms with Crippen molar-refractivity contribution >= 4 is 0 Å². The van der Waals surface area contributed by atoms with Crippen molar-refractivity contribution in [1.82, 2.24) is 4.98 Å². The largest absolute Gasteiger partial charge is 0.444 e. The Morgan fingerprint density at radius 3 is 3.14 bits per heavy atom. The van der Waals surface area contributed by atoms with Gasteiger partial charge in [0.2, 0.25) is 5.89 Å². The minimum absolute atomic E-state index is 0.286. The van der Waals surface area contributed by atoms with Crippen molar-refractivity contribution in [2.24, 2.45) is 5.73 Å². The van der Waals surface area contributed by atoms with Crippen molar-refractivity contribution in [2.75, 3.05) is 6.61 Å². The molecule has 0 amide bonds. The van der Waals surface area contributed by atoms with Gasteiger partial charge < -0.3 is 14.9 Å². The molecular formula is C10H16N2O2. The van der Waals surface area contributed by atoms with Crippen LogP contribution in [0.3, 0.4) is 0 Å². The van der Waals surface area contributed by atoms with Gasteiger partial charge in [-0.25, -0.2) is 4.98 Å². The third-order valence-electron chi connectivity index (χ3n) is 2.72. The molecule has 2 atom stereocenters. The van der Waals surface area contributed by atoms with E-state index in [9.17, 15) is 0 Å². The van der Waals surface area contributed by atoms with Gasteiger partial charge in [0.25, 0.3) is 0 Å². The van der Waals surface area contributed by atoms with E-state index in [2.05, 4.69) is 11.9 Å². The van der Waals surface area contributed by atoms with Gasteiger partial charge >= 0.3 is 0 Å². The lowest BCUT2D eigenvalue weighted by Crippen LogP contribution is -2.12. The second-order valence-electron chi connectivity index (χ2n) is 3.57. The first kappa shape index (κ1) is 9.68. The van der Waals surface area contributed by atoms with Gasteiger partial charge in [-0.05, 0) is 12.8 Å².